The summed E-state index contributed by atoms with van der Waals surface area (Å²) in [5, 5.41) is 9.47. The summed E-state index contributed by atoms with van der Waals surface area (Å²) in [5.41, 5.74) is 0. The minimum atomic E-state index is -0.285. The number of ether oxygens (including phenoxy) is 1. The number of carbonyl (C=O) groups excluding carboxylic acids is 1. The van der Waals surface area contributed by atoms with Gasteiger partial charge >= 0.3 is 0 Å². The van der Waals surface area contributed by atoms with Crippen molar-refractivity contribution in [3.63, 3.8) is 0 Å². The van der Waals surface area contributed by atoms with Gasteiger partial charge in [0, 0.05) is 5.92 Å². The van der Waals surface area contributed by atoms with E-state index < -0.39 is 0 Å². The van der Waals surface area contributed by atoms with E-state index in [-0.39, 0.29) is 29.9 Å². The summed E-state index contributed by atoms with van der Waals surface area (Å²) in [6.07, 6.45) is 2.76. The molecule has 5 heteroatoms. The standard InChI is InChI=1S/C16H20FNO3/c17-12-3-7-14(8-4-12)21-15-9-18(10-15)16(20)11-1-5-13(19)6-2-11/h3-4,7-8,11,13,15,19H,1-2,5-6,9-10H2. The van der Waals surface area contributed by atoms with Crippen molar-refractivity contribution in [2.75, 3.05) is 13.1 Å². The molecule has 1 saturated carbocycles. The molecule has 2 fully saturated rings. The van der Waals surface area contributed by atoms with E-state index in [1.165, 1.54) is 12.1 Å². The molecule has 1 N–H and O–H groups in total. The highest BCUT2D eigenvalue weighted by Gasteiger charge is 2.36. The predicted octanol–water partition coefficient (Wildman–Crippen LogP) is 1.97. The van der Waals surface area contributed by atoms with Crippen molar-refractivity contribution in [3.05, 3.63) is 30.1 Å². The fourth-order valence-electron chi connectivity index (χ4n) is 2.98. The van der Waals surface area contributed by atoms with Crippen LogP contribution in [0, 0.1) is 11.7 Å². The van der Waals surface area contributed by atoms with Gasteiger partial charge in [0.2, 0.25) is 5.91 Å². The highest BCUT2D eigenvalue weighted by atomic mass is 19.1. The smallest absolute Gasteiger partial charge is 0.225 e. The first kappa shape index (κ1) is 14.3. The zero-order valence-electron chi connectivity index (χ0n) is 11.9. The van der Waals surface area contributed by atoms with Crippen molar-refractivity contribution in [2.45, 2.75) is 37.9 Å². The van der Waals surface area contributed by atoms with Crippen molar-refractivity contribution in [3.8, 4) is 5.75 Å². The topological polar surface area (TPSA) is 49.8 Å². The summed E-state index contributed by atoms with van der Waals surface area (Å²) in [6.45, 7) is 1.19. The van der Waals surface area contributed by atoms with E-state index in [2.05, 4.69) is 0 Å². The Morgan fingerprint density at radius 1 is 1.14 bits per heavy atom. The average molecular weight is 293 g/mol. The maximum Gasteiger partial charge on any atom is 0.225 e. The van der Waals surface area contributed by atoms with Gasteiger partial charge in [-0.1, -0.05) is 0 Å². The lowest BCUT2D eigenvalue weighted by atomic mass is 9.86. The molecule has 2 aliphatic rings. The van der Waals surface area contributed by atoms with Crippen molar-refractivity contribution in [2.24, 2.45) is 5.92 Å². The van der Waals surface area contributed by atoms with Gasteiger partial charge in [-0.2, -0.15) is 0 Å². The van der Waals surface area contributed by atoms with Gasteiger partial charge in [-0.25, -0.2) is 4.39 Å². The molecular weight excluding hydrogens is 273 g/mol. The van der Waals surface area contributed by atoms with Crippen LogP contribution in [0.1, 0.15) is 25.7 Å². The fraction of sp³-hybridized carbons (Fsp3) is 0.562. The van der Waals surface area contributed by atoms with Gasteiger partial charge in [0.15, 0.2) is 0 Å². The molecule has 114 valence electrons. The van der Waals surface area contributed by atoms with E-state index in [1.807, 2.05) is 4.90 Å². The number of amides is 1. The van der Waals surface area contributed by atoms with Crippen LogP contribution in [-0.2, 0) is 4.79 Å². The quantitative estimate of drug-likeness (QED) is 0.927. The van der Waals surface area contributed by atoms with Gasteiger partial charge in [-0.15, -0.1) is 0 Å². The molecule has 0 aromatic heterocycles. The minimum Gasteiger partial charge on any atom is -0.487 e. The van der Waals surface area contributed by atoms with Crippen molar-refractivity contribution in [1.82, 2.24) is 4.90 Å². The molecule has 1 saturated heterocycles. The number of likely N-dealkylation sites (tertiary alicyclic amines) is 1. The van der Waals surface area contributed by atoms with Crippen molar-refractivity contribution >= 4 is 5.91 Å². The summed E-state index contributed by atoms with van der Waals surface area (Å²) in [6, 6.07) is 5.93. The lowest BCUT2D eigenvalue weighted by molar-refractivity contribution is -0.146. The minimum absolute atomic E-state index is 0.00593. The number of nitrogens with zero attached hydrogens (tertiary/aromatic N) is 1. The second-order valence-corrected chi connectivity index (χ2v) is 5.94. The molecule has 21 heavy (non-hydrogen) atoms. The van der Waals surface area contributed by atoms with Crippen LogP contribution in [0.4, 0.5) is 4.39 Å². The molecule has 0 spiro atoms. The van der Waals surface area contributed by atoms with Gasteiger partial charge in [0.05, 0.1) is 19.2 Å². The van der Waals surface area contributed by atoms with Gasteiger partial charge in [-0.3, -0.25) is 4.79 Å². The molecule has 1 aliphatic carbocycles. The van der Waals surface area contributed by atoms with E-state index >= 15 is 0 Å². The Kier molecular flexibility index (Phi) is 4.10. The van der Waals surface area contributed by atoms with Gasteiger partial charge in [0.25, 0.3) is 0 Å². The second-order valence-electron chi connectivity index (χ2n) is 5.94. The molecule has 1 amide bonds. The largest absolute Gasteiger partial charge is 0.487 e. The Hall–Kier alpha value is -1.62. The molecule has 4 nitrogen and oxygen atoms in total. The summed E-state index contributed by atoms with van der Waals surface area (Å²) in [7, 11) is 0. The molecule has 0 bridgehead atoms. The third-order valence-electron chi connectivity index (χ3n) is 4.32. The van der Waals surface area contributed by atoms with Crippen LogP contribution in [0.3, 0.4) is 0 Å². The molecule has 0 radical (unpaired) electrons. The zero-order chi connectivity index (χ0) is 14.8. The highest BCUT2D eigenvalue weighted by Crippen LogP contribution is 2.28. The molecule has 1 aromatic carbocycles. The number of aliphatic hydroxyl groups excluding tert-OH is 1. The number of carbonyl (C=O) groups is 1. The van der Waals surface area contributed by atoms with Crippen LogP contribution in [-0.4, -0.2) is 41.2 Å². The third kappa shape index (κ3) is 3.35. The van der Waals surface area contributed by atoms with Crippen LogP contribution in [0.5, 0.6) is 5.75 Å². The molecule has 0 unspecified atom stereocenters. The summed E-state index contributed by atoms with van der Waals surface area (Å²) < 4.78 is 18.5. The SMILES string of the molecule is O=C(C1CCC(O)CC1)N1CC(Oc2ccc(F)cc2)C1. The molecule has 1 heterocycles. The van der Waals surface area contributed by atoms with Crippen LogP contribution < -0.4 is 4.74 Å². The Balaban J connectivity index is 1.45. The molecule has 3 rings (SSSR count). The average Bonchev–Trinajstić information content (AvgIpc) is 2.44. The van der Waals surface area contributed by atoms with Gasteiger partial charge in [0.1, 0.15) is 17.7 Å². The van der Waals surface area contributed by atoms with Gasteiger partial charge in [-0.05, 0) is 49.9 Å². The first-order valence-corrected chi connectivity index (χ1v) is 7.51. The van der Waals surface area contributed by atoms with Crippen molar-refractivity contribution in [1.29, 1.82) is 0 Å². The third-order valence-corrected chi connectivity index (χ3v) is 4.32. The predicted molar refractivity (Wildman–Crippen MR) is 75.4 cm³/mol. The monoisotopic (exact) mass is 293 g/mol. The molecular formula is C16H20FNO3. The van der Waals surface area contributed by atoms with Crippen molar-refractivity contribution < 1.29 is 19.0 Å². The summed E-state index contributed by atoms with van der Waals surface area (Å²) >= 11 is 0. The normalized spacial score (nSPS) is 26.3. The molecule has 0 atom stereocenters. The second kappa shape index (κ2) is 6.02. The summed E-state index contributed by atoms with van der Waals surface area (Å²) in [5.74, 6) is 0.586. The molecule has 1 aromatic rings. The van der Waals surface area contributed by atoms with Crippen LogP contribution in [0.25, 0.3) is 0 Å². The number of hydrogen-bond donors (Lipinski definition) is 1. The summed E-state index contributed by atoms with van der Waals surface area (Å²) in [4.78, 5) is 14.1. The van der Waals surface area contributed by atoms with Gasteiger partial charge < -0.3 is 14.7 Å². The van der Waals surface area contributed by atoms with E-state index in [0.29, 0.717) is 18.8 Å². The number of rotatable bonds is 3. The van der Waals surface area contributed by atoms with Crippen LogP contribution in [0.2, 0.25) is 0 Å². The Morgan fingerprint density at radius 3 is 2.38 bits per heavy atom. The fourth-order valence-corrected chi connectivity index (χ4v) is 2.98. The van der Waals surface area contributed by atoms with E-state index in [1.54, 1.807) is 12.1 Å². The van der Waals surface area contributed by atoms with E-state index in [9.17, 15) is 14.3 Å². The van der Waals surface area contributed by atoms with E-state index in [4.69, 9.17) is 4.74 Å². The van der Waals surface area contributed by atoms with Crippen LogP contribution >= 0.6 is 0 Å². The lowest BCUT2D eigenvalue weighted by Gasteiger charge is -2.41. The maximum atomic E-state index is 12.8. The Morgan fingerprint density at radius 2 is 1.76 bits per heavy atom. The number of halogens is 1. The number of aliphatic hydroxyl groups is 1. The maximum absolute atomic E-state index is 12.8. The first-order valence-electron chi connectivity index (χ1n) is 7.51. The lowest BCUT2D eigenvalue weighted by Crippen LogP contribution is -2.57. The van der Waals surface area contributed by atoms with E-state index in [0.717, 1.165) is 25.7 Å². The number of benzene rings is 1. The Labute approximate surface area is 123 Å². The Bertz CT molecular complexity index is 491. The van der Waals surface area contributed by atoms with Crippen LogP contribution in [0.15, 0.2) is 24.3 Å². The molecule has 1 aliphatic heterocycles. The highest BCUT2D eigenvalue weighted by molar-refractivity contribution is 5.79. The first-order chi connectivity index (χ1) is 10.1. The zero-order valence-corrected chi connectivity index (χ0v) is 11.9. The number of hydrogen-bond acceptors (Lipinski definition) is 3.